The molecule has 1 atom stereocenters. The highest BCUT2D eigenvalue weighted by Gasteiger charge is 2.36. The minimum Gasteiger partial charge on any atom is -0.342 e. The van der Waals surface area contributed by atoms with Crippen LogP contribution in [0.25, 0.3) is 0 Å². The molecule has 2 aromatic carbocycles. The molecule has 3 aliphatic rings. The van der Waals surface area contributed by atoms with E-state index in [2.05, 4.69) is 16.3 Å². The summed E-state index contributed by atoms with van der Waals surface area (Å²) in [6.07, 6.45) is 1.92. The van der Waals surface area contributed by atoms with Crippen molar-refractivity contribution < 1.29 is 27.2 Å². The predicted molar refractivity (Wildman–Crippen MR) is 158 cm³/mol. The van der Waals surface area contributed by atoms with Crippen molar-refractivity contribution in [3.63, 3.8) is 0 Å². The van der Waals surface area contributed by atoms with Gasteiger partial charge in [-0.05, 0) is 99.7 Å². The molecule has 5 rings (SSSR count). The Kier molecular flexibility index (Phi) is 10.1. The van der Waals surface area contributed by atoms with E-state index < -0.39 is 23.6 Å². The van der Waals surface area contributed by atoms with Crippen molar-refractivity contribution in [2.75, 3.05) is 44.6 Å². The number of halogens is 4. The monoisotopic (exact) mass is 613 g/mol. The molecule has 3 amide bonds. The normalized spacial score (nSPS) is 22.8. The lowest BCUT2D eigenvalue weighted by Gasteiger charge is -2.39. The van der Waals surface area contributed by atoms with Crippen LogP contribution in [0.15, 0.2) is 42.5 Å². The van der Waals surface area contributed by atoms with Crippen LogP contribution in [0.4, 0.5) is 28.0 Å². The standard InChI is InChI=1S/C33H39F4N5O2/c34-30-13-10-27(20-29(30)33(35,36)37)39-32(44)42(28-11-8-24(9-12-28)25-6-3-5-23(19-25)21-38)18-17-40-14-4-7-26(22-40)31(43)41-15-1-2-16-41/h3,5-6,10,13,19-20,24,26,28H,1-2,4,7-9,11-12,14-18,22H2,(H,39,44). The van der Waals surface area contributed by atoms with Gasteiger partial charge in [-0.2, -0.15) is 18.4 Å². The number of urea groups is 1. The van der Waals surface area contributed by atoms with Crippen LogP contribution in [0.2, 0.25) is 0 Å². The SMILES string of the molecule is N#Cc1cccc(C2CCC(N(CCN3CCCC(C(=O)N4CCCC4)C3)C(=O)Nc3ccc(F)c(C(F)(F)F)c3)CC2)c1. The number of hydrogen-bond donors (Lipinski definition) is 1. The number of nitrogens with zero attached hydrogens (tertiary/aromatic N) is 4. The quantitative estimate of drug-likeness (QED) is 0.357. The van der Waals surface area contributed by atoms with Gasteiger partial charge in [-0.25, -0.2) is 9.18 Å². The summed E-state index contributed by atoms with van der Waals surface area (Å²) in [6, 6.07) is 11.6. The third kappa shape index (κ3) is 7.70. The Morgan fingerprint density at radius 3 is 2.43 bits per heavy atom. The number of piperidine rings is 1. The number of nitrogens with one attached hydrogen (secondary N) is 1. The number of anilines is 1. The number of carbonyl (C=O) groups excluding carboxylic acids is 2. The first-order valence-corrected chi connectivity index (χ1v) is 15.6. The molecular formula is C33H39F4N5O2. The Hall–Kier alpha value is -3.65. The van der Waals surface area contributed by atoms with Gasteiger partial charge in [0.15, 0.2) is 0 Å². The topological polar surface area (TPSA) is 79.7 Å². The van der Waals surface area contributed by atoms with Crippen molar-refractivity contribution >= 4 is 17.6 Å². The van der Waals surface area contributed by atoms with Gasteiger partial charge in [-0.15, -0.1) is 0 Å². The Labute approximate surface area is 255 Å². The summed E-state index contributed by atoms with van der Waals surface area (Å²) in [4.78, 5) is 32.6. The number of carbonyl (C=O) groups is 2. The van der Waals surface area contributed by atoms with Gasteiger partial charge in [0.05, 0.1) is 23.1 Å². The zero-order valence-corrected chi connectivity index (χ0v) is 24.8. The third-order valence-corrected chi connectivity index (χ3v) is 9.34. The van der Waals surface area contributed by atoms with Gasteiger partial charge in [-0.1, -0.05) is 12.1 Å². The smallest absolute Gasteiger partial charge is 0.342 e. The molecule has 3 fully saturated rings. The van der Waals surface area contributed by atoms with Crippen molar-refractivity contribution in [2.24, 2.45) is 5.92 Å². The van der Waals surface area contributed by atoms with Crippen molar-refractivity contribution in [1.29, 1.82) is 5.26 Å². The van der Waals surface area contributed by atoms with E-state index in [1.807, 2.05) is 23.1 Å². The van der Waals surface area contributed by atoms with Crippen molar-refractivity contribution in [2.45, 2.75) is 69.5 Å². The molecule has 0 bridgehead atoms. The average Bonchev–Trinajstić information content (AvgIpc) is 3.57. The molecule has 0 spiro atoms. The molecule has 0 aromatic heterocycles. The Bertz CT molecular complexity index is 1360. The van der Waals surface area contributed by atoms with Crippen LogP contribution < -0.4 is 5.32 Å². The van der Waals surface area contributed by atoms with Crippen LogP contribution in [0.5, 0.6) is 0 Å². The van der Waals surface area contributed by atoms with Crippen LogP contribution in [0, 0.1) is 23.1 Å². The average molecular weight is 614 g/mol. The molecule has 2 aromatic rings. The maximum Gasteiger partial charge on any atom is 0.419 e. The lowest BCUT2D eigenvalue weighted by molar-refractivity contribution is -0.140. The fourth-order valence-electron chi connectivity index (χ4n) is 6.95. The van der Waals surface area contributed by atoms with E-state index in [4.69, 9.17) is 0 Å². The first-order chi connectivity index (χ1) is 21.1. The maximum absolute atomic E-state index is 13.9. The van der Waals surface area contributed by atoms with E-state index in [1.165, 1.54) is 0 Å². The molecule has 2 saturated heterocycles. The zero-order chi connectivity index (χ0) is 31.3. The van der Waals surface area contributed by atoms with Gasteiger partial charge >= 0.3 is 12.2 Å². The summed E-state index contributed by atoms with van der Waals surface area (Å²) in [7, 11) is 0. The Balaban J connectivity index is 1.27. The number of alkyl halides is 3. The van der Waals surface area contributed by atoms with Crippen LogP contribution in [-0.4, -0.2) is 71.9 Å². The lowest BCUT2D eigenvalue weighted by Crippen LogP contribution is -2.50. The van der Waals surface area contributed by atoms with Crippen LogP contribution in [0.3, 0.4) is 0 Å². The summed E-state index contributed by atoms with van der Waals surface area (Å²) in [5, 5.41) is 11.9. The summed E-state index contributed by atoms with van der Waals surface area (Å²) < 4.78 is 53.9. The van der Waals surface area contributed by atoms with Crippen molar-refractivity contribution in [3.8, 4) is 6.07 Å². The van der Waals surface area contributed by atoms with Crippen molar-refractivity contribution in [3.05, 3.63) is 65.0 Å². The molecule has 1 unspecified atom stereocenters. The molecule has 11 heteroatoms. The Morgan fingerprint density at radius 1 is 0.977 bits per heavy atom. The number of amides is 3. The minimum atomic E-state index is -4.89. The third-order valence-electron chi connectivity index (χ3n) is 9.34. The first-order valence-electron chi connectivity index (χ1n) is 15.6. The van der Waals surface area contributed by atoms with Crippen molar-refractivity contribution in [1.82, 2.24) is 14.7 Å². The second kappa shape index (κ2) is 14.0. The van der Waals surface area contributed by atoms with E-state index in [1.54, 1.807) is 11.0 Å². The summed E-state index contributed by atoms with van der Waals surface area (Å²) in [6.45, 7) is 3.95. The van der Waals surface area contributed by atoms with E-state index in [-0.39, 0.29) is 29.5 Å². The van der Waals surface area contributed by atoms with Gasteiger partial charge in [0.1, 0.15) is 5.82 Å². The van der Waals surface area contributed by atoms with Gasteiger partial charge < -0.3 is 20.0 Å². The van der Waals surface area contributed by atoms with E-state index in [0.29, 0.717) is 50.2 Å². The predicted octanol–water partition coefficient (Wildman–Crippen LogP) is 6.61. The number of likely N-dealkylation sites (tertiary alicyclic amines) is 2. The van der Waals surface area contributed by atoms with Gasteiger partial charge in [0, 0.05) is 44.5 Å². The summed E-state index contributed by atoms with van der Waals surface area (Å²) in [5.74, 6) is -1.01. The highest BCUT2D eigenvalue weighted by molar-refractivity contribution is 5.89. The fraction of sp³-hybridized carbons (Fsp3) is 0.545. The first kappa shape index (κ1) is 31.8. The molecule has 1 aliphatic carbocycles. The van der Waals surface area contributed by atoms with Gasteiger partial charge in [0.2, 0.25) is 5.91 Å². The number of benzene rings is 2. The van der Waals surface area contributed by atoms with E-state index >= 15 is 0 Å². The molecule has 0 radical (unpaired) electrons. The molecule has 7 nitrogen and oxygen atoms in total. The number of hydrogen-bond acceptors (Lipinski definition) is 4. The molecule has 236 valence electrons. The van der Waals surface area contributed by atoms with Gasteiger partial charge in [-0.3, -0.25) is 4.79 Å². The van der Waals surface area contributed by atoms with E-state index in [0.717, 1.165) is 69.8 Å². The number of rotatable bonds is 7. The minimum absolute atomic E-state index is 0.0660. The molecule has 2 heterocycles. The maximum atomic E-state index is 13.9. The largest absolute Gasteiger partial charge is 0.419 e. The van der Waals surface area contributed by atoms with Crippen LogP contribution in [0.1, 0.15) is 74.0 Å². The second-order valence-electron chi connectivity index (χ2n) is 12.2. The molecular weight excluding hydrogens is 574 g/mol. The molecule has 1 N–H and O–H groups in total. The molecule has 44 heavy (non-hydrogen) atoms. The zero-order valence-electron chi connectivity index (χ0n) is 24.8. The lowest BCUT2D eigenvalue weighted by atomic mass is 9.81. The Morgan fingerprint density at radius 2 is 1.73 bits per heavy atom. The van der Waals surface area contributed by atoms with Gasteiger partial charge in [0.25, 0.3) is 0 Å². The fourth-order valence-corrected chi connectivity index (χ4v) is 6.95. The molecule has 1 saturated carbocycles. The summed E-state index contributed by atoms with van der Waals surface area (Å²) >= 11 is 0. The number of nitriles is 1. The van der Waals surface area contributed by atoms with Crippen LogP contribution in [-0.2, 0) is 11.0 Å². The van der Waals surface area contributed by atoms with E-state index in [9.17, 15) is 32.4 Å². The van der Waals surface area contributed by atoms with Crippen LogP contribution >= 0.6 is 0 Å². The second-order valence-corrected chi connectivity index (χ2v) is 12.2. The highest BCUT2D eigenvalue weighted by Crippen LogP contribution is 2.36. The molecule has 2 aliphatic heterocycles. The highest BCUT2D eigenvalue weighted by atomic mass is 19.4. The summed E-state index contributed by atoms with van der Waals surface area (Å²) in [5.41, 5.74) is 0.145.